The van der Waals surface area contributed by atoms with E-state index < -0.39 is 15.9 Å². The Morgan fingerprint density at radius 3 is 2.52 bits per heavy atom. The molecule has 0 aliphatic carbocycles. The molecule has 0 radical (unpaired) electrons. The number of hydrogen-bond donors (Lipinski definition) is 1. The molecule has 1 aliphatic rings. The van der Waals surface area contributed by atoms with Crippen LogP contribution in [0.2, 0.25) is 0 Å². The van der Waals surface area contributed by atoms with Crippen LogP contribution in [0.5, 0.6) is 0 Å². The molecule has 2 atom stereocenters. The summed E-state index contributed by atoms with van der Waals surface area (Å²) in [4.78, 5) is 29.8. The lowest BCUT2D eigenvalue weighted by Crippen LogP contribution is -2.47. The highest BCUT2D eigenvalue weighted by atomic mass is 32.2. The van der Waals surface area contributed by atoms with Crippen LogP contribution in [0.4, 0.5) is 5.69 Å². The fraction of sp³-hybridized carbons (Fsp3) is 0.381. The van der Waals surface area contributed by atoms with Crippen molar-refractivity contribution < 1.29 is 13.2 Å². The fourth-order valence-electron chi connectivity index (χ4n) is 4.06. The number of piperidine rings is 1. The lowest BCUT2D eigenvalue weighted by molar-refractivity contribution is -0.116. The minimum absolute atomic E-state index is 0.0411. The van der Waals surface area contributed by atoms with E-state index in [9.17, 15) is 18.0 Å². The molecular formula is C21H24N4O4S2. The quantitative estimate of drug-likeness (QED) is 0.631. The van der Waals surface area contributed by atoms with E-state index in [-0.39, 0.29) is 29.1 Å². The third-order valence-electron chi connectivity index (χ3n) is 5.59. The number of thiophene rings is 1. The van der Waals surface area contributed by atoms with E-state index in [1.807, 2.05) is 13.8 Å². The monoisotopic (exact) mass is 460 g/mol. The third kappa shape index (κ3) is 4.28. The van der Waals surface area contributed by atoms with Gasteiger partial charge in [-0.15, -0.1) is 11.3 Å². The van der Waals surface area contributed by atoms with E-state index in [0.717, 1.165) is 19.3 Å². The van der Waals surface area contributed by atoms with Gasteiger partial charge in [-0.3, -0.25) is 14.2 Å². The van der Waals surface area contributed by atoms with Gasteiger partial charge in [0.25, 0.3) is 5.56 Å². The minimum atomic E-state index is -3.61. The second-order valence-corrected chi connectivity index (χ2v) is 10.6. The molecule has 4 rings (SSSR count). The van der Waals surface area contributed by atoms with E-state index in [2.05, 4.69) is 10.3 Å². The summed E-state index contributed by atoms with van der Waals surface area (Å²) in [5.74, 6) is -0.396. The Bertz CT molecular complexity index is 1250. The molecule has 31 heavy (non-hydrogen) atoms. The second-order valence-electron chi connectivity index (χ2n) is 7.85. The first kappa shape index (κ1) is 21.7. The number of hydrogen-bond acceptors (Lipinski definition) is 6. The van der Waals surface area contributed by atoms with Crippen LogP contribution >= 0.6 is 11.3 Å². The highest BCUT2D eigenvalue weighted by Crippen LogP contribution is 2.30. The summed E-state index contributed by atoms with van der Waals surface area (Å²) in [7, 11) is -3.61. The second kappa shape index (κ2) is 8.52. The fourth-order valence-corrected chi connectivity index (χ4v) is 6.67. The zero-order valence-electron chi connectivity index (χ0n) is 17.3. The average Bonchev–Trinajstić information content (AvgIpc) is 3.20. The van der Waals surface area contributed by atoms with Crippen molar-refractivity contribution in [2.45, 2.75) is 56.6 Å². The number of anilines is 1. The number of amides is 1. The van der Waals surface area contributed by atoms with Gasteiger partial charge in [-0.1, -0.05) is 6.42 Å². The van der Waals surface area contributed by atoms with Crippen LogP contribution in [0.1, 0.15) is 33.1 Å². The number of aromatic nitrogens is 2. The molecule has 1 aromatic carbocycles. The van der Waals surface area contributed by atoms with E-state index in [0.29, 0.717) is 15.9 Å². The average molecular weight is 461 g/mol. The number of sulfonamides is 1. The maximum Gasteiger partial charge on any atom is 0.262 e. The Kier molecular flexibility index (Phi) is 5.96. The van der Waals surface area contributed by atoms with E-state index in [4.69, 9.17) is 0 Å². The molecule has 1 aliphatic heterocycles. The van der Waals surface area contributed by atoms with Crippen LogP contribution < -0.4 is 10.9 Å². The van der Waals surface area contributed by atoms with Gasteiger partial charge in [-0.2, -0.15) is 4.31 Å². The molecule has 1 fully saturated rings. The Hall–Kier alpha value is -2.56. The van der Waals surface area contributed by atoms with Gasteiger partial charge in [0, 0.05) is 17.8 Å². The standard InChI is InChI=1S/C21H24N4O4S2/c1-14-4-3-5-15(2)25(14)31(28,29)17-8-6-16(7-9-17)23-19(26)12-24-13-22-20-18(21(24)27)10-11-30-20/h6-11,13-15H,3-5,12H2,1-2H3,(H,23,26). The summed E-state index contributed by atoms with van der Waals surface area (Å²) in [6, 6.07) is 7.74. The lowest BCUT2D eigenvalue weighted by Gasteiger charge is -2.37. The first-order valence-corrected chi connectivity index (χ1v) is 12.5. The van der Waals surface area contributed by atoms with Crippen molar-refractivity contribution in [2.24, 2.45) is 0 Å². The molecule has 0 bridgehead atoms. The normalized spacial score (nSPS) is 20.1. The molecule has 10 heteroatoms. The molecule has 3 heterocycles. The van der Waals surface area contributed by atoms with Crippen molar-refractivity contribution in [3.63, 3.8) is 0 Å². The van der Waals surface area contributed by atoms with Crippen molar-refractivity contribution in [3.8, 4) is 0 Å². The third-order valence-corrected chi connectivity index (χ3v) is 8.55. The molecule has 0 spiro atoms. The molecule has 1 N–H and O–H groups in total. The van der Waals surface area contributed by atoms with Crippen molar-refractivity contribution in [3.05, 3.63) is 52.4 Å². The van der Waals surface area contributed by atoms with Crippen LogP contribution in [-0.2, 0) is 21.4 Å². The van der Waals surface area contributed by atoms with Crippen molar-refractivity contribution >= 4 is 43.2 Å². The first-order valence-electron chi connectivity index (χ1n) is 10.1. The van der Waals surface area contributed by atoms with Gasteiger partial charge in [0.15, 0.2) is 0 Å². The Balaban J connectivity index is 1.47. The van der Waals surface area contributed by atoms with Gasteiger partial charge in [0.1, 0.15) is 11.4 Å². The van der Waals surface area contributed by atoms with Crippen LogP contribution in [0, 0.1) is 0 Å². The highest BCUT2D eigenvalue weighted by Gasteiger charge is 2.35. The van der Waals surface area contributed by atoms with Gasteiger partial charge in [0.2, 0.25) is 15.9 Å². The predicted octanol–water partition coefficient (Wildman–Crippen LogP) is 3.05. The molecule has 1 saturated heterocycles. The van der Waals surface area contributed by atoms with E-state index >= 15 is 0 Å². The van der Waals surface area contributed by atoms with Gasteiger partial charge >= 0.3 is 0 Å². The van der Waals surface area contributed by atoms with E-state index in [1.165, 1.54) is 34.4 Å². The zero-order valence-corrected chi connectivity index (χ0v) is 18.9. The number of benzene rings is 1. The van der Waals surface area contributed by atoms with E-state index in [1.54, 1.807) is 27.9 Å². The van der Waals surface area contributed by atoms with Gasteiger partial charge in [-0.05, 0) is 62.4 Å². The SMILES string of the molecule is CC1CCCC(C)N1S(=O)(=O)c1ccc(NC(=O)Cn2cnc3sccc3c2=O)cc1. The van der Waals surface area contributed by atoms with Crippen LogP contribution in [0.15, 0.2) is 51.7 Å². The van der Waals surface area contributed by atoms with Crippen molar-refractivity contribution in [2.75, 3.05) is 5.32 Å². The molecule has 3 aromatic rings. The molecule has 8 nitrogen and oxygen atoms in total. The maximum absolute atomic E-state index is 13.1. The number of rotatable bonds is 5. The zero-order chi connectivity index (χ0) is 22.2. The molecule has 2 unspecified atom stereocenters. The van der Waals surface area contributed by atoms with Crippen molar-refractivity contribution in [1.82, 2.24) is 13.9 Å². The number of carbonyl (C=O) groups is 1. The largest absolute Gasteiger partial charge is 0.325 e. The minimum Gasteiger partial charge on any atom is -0.325 e. The smallest absolute Gasteiger partial charge is 0.262 e. The number of carbonyl (C=O) groups excluding carboxylic acids is 1. The van der Waals surface area contributed by atoms with Crippen molar-refractivity contribution in [1.29, 1.82) is 0 Å². The Labute approximate surface area is 184 Å². The predicted molar refractivity (Wildman–Crippen MR) is 121 cm³/mol. The summed E-state index contributed by atoms with van der Waals surface area (Å²) < 4.78 is 29.0. The highest BCUT2D eigenvalue weighted by molar-refractivity contribution is 7.89. The first-order chi connectivity index (χ1) is 14.8. The summed E-state index contributed by atoms with van der Waals surface area (Å²) in [6.45, 7) is 3.69. The maximum atomic E-state index is 13.1. The van der Waals surface area contributed by atoms with Gasteiger partial charge in [-0.25, -0.2) is 13.4 Å². The number of nitrogens with zero attached hydrogens (tertiary/aromatic N) is 3. The molecule has 1 amide bonds. The van der Waals surface area contributed by atoms with Crippen LogP contribution in [0.3, 0.4) is 0 Å². The summed E-state index contributed by atoms with van der Waals surface area (Å²) in [6.07, 6.45) is 4.08. The van der Waals surface area contributed by atoms with Gasteiger partial charge < -0.3 is 5.32 Å². The van der Waals surface area contributed by atoms with Crippen LogP contribution in [0.25, 0.3) is 10.2 Å². The Morgan fingerprint density at radius 1 is 1.16 bits per heavy atom. The molecule has 2 aromatic heterocycles. The van der Waals surface area contributed by atoms with Crippen LogP contribution in [-0.4, -0.2) is 40.3 Å². The molecule has 0 saturated carbocycles. The summed E-state index contributed by atoms with van der Waals surface area (Å²) in [5.41, 5.74) is 0.189. The van der Waals surface area contributed by atoms with Gasteiger partial charge in [0.05, 0.1) is 16.6 Å². The Morgan fingerprint density at radius 2 is 1.84 bits per heavy atom. The molecular weight excluding hydrogens is 436 g/mol. The molecule has 164 valence electrons. The lowest BCUT2D eigenvalue weighted by atomic mass is 10.0. The number of fused-ring (bicyclic) bond motifs is 1. The summed E-state index contributed by atoms with van der Waals surface area (Å²) in [5, 5.41) is 4.97. The topological polar surface area (TPSA) is 101 Å². The number of nitrogens with one attached hydrogen (secondary N) is 1. The summed E-state index contributed by atoms with van der Waals surface area (Å²) >= 11 is 1.37.